The number of rotatable bonds is 3. The van der Waals surface area contributed by atoms with Crippen LogP contribution in [0.2, 0.25) is 0 Å². The lowest BCUT2D eigenvalue weighted by atomic mass is 10.2. The molecule has 0 aliphatic carbocycles. The maximum absolute atomic E-state index is 12.5. The average Bonchev–Trinajstić information content (AvgIpc) is 3.14. The molecule has 0 radical (unpaired) electrons. The third-order valence-corrected chi connectivity index (χ3v) is 5.02. The summed E-state index contributed by atoms with van der Waals surface area (Å²) in [6.07, 6.45) is 3.97. The average molecular weight is 309 g/mol. The number of carbonyl (C=O) groups is 1. The van der Waals surface area contributed by atoms with Gasteiger partial charge in [0.1, 0.15) is 5.82 Å². The third-order valence-electron chi connectivity index (χ3n) is 4.21. The quantitative estimate of drug-likeness (QED) is 0.898. The first kappa shape index (κ1) is 14.7. The summed E-state index contributed by atoms with van der Waals surface area (Å²) in [7, 11) is 0. The largest absolute Gasteiger partial charge is 0.345 e. The molecule has 3 rings (SSSR count). The maximum Gasteiger partial charge on any atom is 0.239 e. The smallest absolute Gasteiger partial charge is 0.239 e. The van der Waals surface area contributed by atoms with E-state index < -0.39 is 0 Å². The molecular formula is C14H23N5OS. The number of aryl methyl sites for hydroxylation is 1. The van der Waals surface area contributed by atoms with Gasteiger partial charge in [0.15, 0.2) is 0 Å². The summed E-state index contributed by atoms with van der Waals surface area (Å²) in [5.74, 6) is 1.20. The molecule has 0 saturated carbocycles. The minimum Gasteiger partial charge on any atom is -0.345 e. The molecule has 0 spiro atoms. The standard InChI is InChI=1S/C14H23N5OS/c1-2-12-16-14(21-17-12)19-8-4-7-18(9-10-19)13(20)11-5-3-6-15-11/h11,15H,2-10H2,1H3. The van der Waals surface area contributed by atoms with Crippen LogP contribution in [0.15, 0.2) is 0 Å². The number of nitrogens with one attached hydrogen (secondary N) is 1. The molecule has 1 aromatic heterocycles. The highest BCUT2D eigenvalue weighted by Gasteiger charge is 2.28. The van der Waals surface area contributed by atoms with E-state index in [1.807, 2.05) is 4.90 Å². The van der Waals surface area contributed by atoms with Gasteiger partial charge in [-0.1, -0.05) is 6.92 Å². The zero-order valence-corrected chi connectivity index (χ0v) is 13.4. The lowest BCUT2D eigenvalue weighted by Crippen LogP contribution is -2.45. The normalized spacial score (nSPS) is 23.4. The Labute approximate surface area is 129 Å². The van der Waals surface area contributed by atoms with Gasteiger partial charge >= 0.3 is 0 Å². The van der Waals surface area contributed by atoms with Crippen LogP contribution in [0, 0.1) is 0 Å². The summed E-state index contributed by atoms with van der Waals surface area (Å²) in [5.41, 5.74) is 0. The monoisotopic (exact) mass is 309 g/mol. The molecule has 1 amide bonds. The molecule has 2 fully saturated rings. The van der Waals surface area contributed by atoms with Crippen molar-refractivity contribution in [3.63, 3.8) is 0 Å². The fourth-order valence-corrected chi connectivity index (χ4v) is 3.76. The first-order valence-corrected chi connectivity index (χ1v) is 8.65. The zero-order chi connectivity index (χ0) is 14.7. The number of nitrogens with zero attached hydrogens (tertiary/aromatic N) is 4. The van der Waals surface area contributed by atoms with Gasteiger partial charge in [0, 0.05) is 44.1 Å². The lowest BCUT2D eigenvalue weighted by molar-refractivity contribution is -0.132. The topological polar surface area (TPSA) is 61.4 Å². The van der Waals surface area contributed by atoms with E-state index in [-0.39, 0.29) is 11.9 Å². The Bertz CT molecular complexity index is 485. The fourth-order valence-electron chi connectivity index (χ4n) is 2.96. The van der Waals surface area contributed by atoms with Crippen LogP contribution in [-0.4, -0.2) is 58.9 Å². The number of hydrogen-bond acceptors (Lipinski definition) is 6. The summed E-state index contributed by atoms with van der Waals surface area (Å²) < 4.78 is 4.36. The predicted molar refractivity (Wildman–Crippen MR) is 83.7 cm³/mol. The zero-order valence-electron chi connectivity index (χ0n) is 12.5. The van der Waals surface area contributed by atoms with Crippen LogP contribution in [0.4, 0.5) is 5.13 Å². The molecule has 1 aromatic rings. The molecule has 6 nitrogen and oxygen atoms in total. The Morgan fingerprint density at radius 3 is 2.95 bits per heavy atom. The number of carbonyl (C=O) groups excluding carboxylic acids is 1. The van der Waals surface area contributed by atoms with Gasteiger partial charge in [-0.2, -0.15) is 4.37 Å². The van der Waals surface area contributed by atoms with Gasteiger partial charge in [-0.05, 0) is 25.8 Å². The van der Waals surface area contributed by atoms with E-state index in [9.17, 15) is 4.79 Å². The van der Waals surface area contributed by atoms with Gasteiger partial charge in [-0.15, -0.1) is 0 Å². The summed E-state index contributed by atoms with van der Waals surface area (Å²) in [5, 5.41) is 4.30. The second kappa shape index (κ2) is 6.70. The van der Waals surface area contributed by atoms with E-state index in [0.29, 0.717) is 0 Å². The first-order valence-electron chi connectivity index (χ1n) is 7.87. The predicted octanol–water partition coefficient (Wildman–Crippen LogP) is 0.891. The highest BCUT2D eigenvalue weighted by molar-refractivity contribution is 7.09. The van der Waals surface area contributed by atoms with Gasteiger partial charge in [0.25, 0.3) is 0 Å². The van der Waals surface area contributed by atoms with Gasteiger partial charge in [-0.3, -0.25) is 4.79 Å². The van der Waals surface area contributed by atoms with Crippen LogP contribution < -0.4 is 10.2 Å². The number of anilines is 1. The minimum absolute atomic E-state index is 0.0461. The molecule has 7 heteroatoms. The molecule has 1 atom stereocenters. The van der Waals surface area contributed by atoms with E-state index in [1.54, 1.807) is 0 Å². The van der Waals surface area contributed by atoms with Crippen molar-refractivity contribution in [3.05, 3.63) is 5.82 Å². The highest BCUT2D eigenvalue weighted by atomic mass is 32.1. The molecule has 1 N–H and O–H groups in total. The van der Waals surface area contributed by atoms with Crippen LogP contribution in [0.25, 0.3) is 0 Å². The fraction of sp³-hybridized carbons (Fsp3) is 0.786. The second-order valence-corrected chi connectivity index (χ2v) is 6.39. The molecule has 3 heterocycles. The van der Waals surface area contributed by atoms with Crippen molar-refractivity contribution in [2.45, 2.75) is 38.6 Å². The van der Waals surface area contributed by atoms with E-state index >= 15 is 0 Å². The van der Waals surface area contributed by atoms with Crippen molar-refractivity contribution < 1.29 is 4.79 Å². The Hall–Kier alpha value is -1.21. The molecule has 2 aliphatic rings. The molecule has 0 bridgehead atoms. The Kier molecular flexibility index (Phi) is 4.70. The summed E-state index contributed by atoms with van der Waals surface area (Å²) in [6, 6.07) is 0.0461. The van der Waals surface area contributed by atoms with Crippen LogP contribution in [0.1, 0.15) is 32.0 Å². The second-order valence-electron chi connectivity index (χ2n) is 5.66. The molecule has 1 unspecified atom stereocenters. The molecular weight excluding hydrogens is 286 g/mol. The first-order chi connectivity index (χ1) is 10.3. The summed E-state index contributed by atoms with van der Waals surface area (Å²) >= 11 is 1.47. The maximum atomic E-state index is 12.5. The third kappa shape index (κ3) is 3.35. The van der Waals surface area contributed by atoms with Crippen molar-refractivity contribution in [2.24, 2.45) is 0 Å². The van der Waals surface area contributed by atoms with Crippen LogP contribution in [-0.2, 0) is 11.2 Å². The van der Waals surface area contributed by atoms with Crippen molar-refractivity contribution in [1.82, 2.24) is 19.6 Å². The molecule has 116 valence electrons. The van der Waals surface area contributed by atoms with Crippen molar-refractivity contribution in [3.8, 4) is 0 Å². The van der Waals surface area contributed by atoms with Gasteiger partial charge < -0.3 is 15.1 Å². The van der Waals surface area contributed by atoms with Gasteiger partial charge in [-0.25, -0.2) is 4.98 Å². The number of hydrogen-bond donors (Lipinski definition) is 1. The number of amides is 1. The van der Waals surface area contributed by atoms with Crippen molar-refractivity contribution in [1.29, 1.82) is 0 Å². The van der Waals surface area contributed by atoms with Crippen molar-refractivity contribution in [2.75, 3.05) is 37.6 Å². The van der Waals surface area contributed by atoms with Crippen LogP contribution in [0.3, 0.4) is 0 Å². The van der Waals surface area contributed by atoms with E-state index in [1.165, 1.54) is 11.5 Å². The van der Waals surface area contributed by atoms with Crippen LogP contribution in [0.5, 0.6) is 0 Å². The highest BCUT2D eigenvalue weighted by Crippen LogP contribution is 2.20. The Balaban J connectivity index is 1.59. The molecule has 21 heavy (non-hydrogen) atoms. The van der Waals surface area contributed by atoms with E-state index in [4.69, 9.17) is 0 Å². The molecule has 2 aliphatic heterocycles. The van der Waals surface area contributed by atoms with Gasteiger partial charge in [0.2, 0.25) is 11.0 Å². The minimum atomic E-state index is 0.0461. The Morgan fingerprint density at radius 2 is 2.24 bits per heavy atom. The lowest BCUT2D eigenvalue weighted by Gasteiger charge is -2.24. The summed E-state index contributed by atoms with van der Waals surface area (Å²) in [4.78, 5) is 21.3. The molecule has 2 saturated heterocycles. The van der Waals surface area contributed by atoms with Crippen molar-refractivity contribution >= 4 is 22.6 Å². The van der Waals surface area contributed by atoms with E-state index in [0.717, 1.165) is 69.4 Å². The number of aromatic nitrogens is 2. The van der Waals surface area contributed by atoms with E-state index in [2.05, 4.69) is 26.5 Å². The van der Waals surface area contributed by atoms with Gasteiger partial charge in [0.05, 0.1) is 6.04 Å². The summed E-state index contributed by atoms with van der Waals surface area (Å²) in [6.45, 7) is 6.51. The SMILES string of the molecule is CCc1nsc(N2CCCN(C(=O)C3CCCN3)CC2)n1. The molecule has 0 aromatic carbocycles. The Morgan fingerprint density at radius 1 is 1.33 bits per heavy atom. The van der Waals surface area contributed by atoms with Crippen LogP contribution >= 0.6 is 11.5 Å².